The third kappa shape index (κ3) is 5.51. The van der Waals surface area contributed by atoms with Gasteiger partial charge in [0.1, 0.15) is 11.0 Å². The van der Waals surface area contributed by atoms with Crippen molar-refractivity contribution in [1.82, 2.24) is 14.1 Å². The Morgan fingerprint density at radius 3 is 2.51 bits per heavy atom. The average Bonchev–Trinajstić information content (AvgIpc) is 3.16. The van der Waals surface area contributed by atoms with Gasteiger partial charge in [0.15, 0.2) is 5.16 Å². The normalized spacial score (nSPS) is 11.4. The number of anilines is 1. The van der Waals surface area contributed by atoms with E-state index in [1.165, 1.54) is 17.3 Å². The highest BCUT2D eigenvalue weighted by molar-refractivity contribution is 7.99. The SMILES string of the molecule is Cc1ccc(NC(=O)CSc2nc3c(-c4ccccc4)cn(C)c3c(=O)n2CCC(C)C)cc1C. The van der Waals surface area contributed by atoms with Crippen molar-refractivity contribution in [3.63, 3.8) is 0 Å². The molecule has 0 spiro atoms. The van der Waals surface area contributed by atoms with Crippen molar-refractivity contribution < 1.29 is 4.79 Å². The number of aromatic nitrogens is 3. The number of fused-ring (bicyclic) bond motifs is 1. The summed E-state index contributed by atoms with van der Waals surface area (Å²) >= 11 is 1.31. The molecule has 0 fully saturated rings. The predicted molar refractivity (Wildman–Crippen MR) is 145 cm³/mol. The highest BCUT2D eigenvalue weighted by atomic mass is 32.2. The molecule has 0 atom stereocenters. The van der Waals surface area contributed by atoms with Gasteiger partial charge in [-0.1, -0.05) is 62.0 Å². The molecule has 6 nitrogen and oxygen atoms in total. The zero-order valence-corrected chi connectivity index (χ0v) is 21.8. The molecular weight excluding hydrogens is 456 g/mol. The summed E-state index contributed by atoms with van der Waals surface area (Å²) in [6, 6.07) is 15.8. The Bertz CT molecular complexity index is 1420. The van der Waals surface area contributed by atoms with E-state index in [4.69, 9.17) is 4.98 Å². The van der Waals surface area contributed by atoms with Crippen molar-refractivity contribution in [2.45, 2.75) is 45.8 Å². The lowest BCUT2D eigenvalue weighted by Crippen LogP contribution is -2.26. The van der Waals surface area contributed by atoms with E-state index in [1.807, 2.05) is 80.2 Å². The molecule has 4 rings (SSSR count). The monoisotopic (exact) mass is 488 g/mol. The molecule has 2 aromatic carbocycles. The Balaban J connectivity index is 1.68. The maximum Gasteiger partial charge on any atom is 0.278 e. The fourth-order valence-electron chi connectivity index (χ4n) is 4.02. The zero-order chi connectivity index (χ0) is 25.1. The van der Waals surface area contributed by atoms with Crippen LogP contribution >= 0.6 is 11.8 Å². The fourth-order valence-corrected chi connectivity index (χ4v) is 4.84. The van der Waals surface area contributed by atoms with E-state index in [0.717, 1.165) is 28.8 Å². The molecule has 182 valence electrons. The van der Waals surface area contributed by atoms with Gasteiger partial charge in [-0.15, -0.1) is 0 Å². The van der Waals surface area contributed by atoms with Crippen LogP contribution in [0.2, 0.25) is 0 Å². The van der Waals surface area contributed by atoms with Crippen molar-refractivity contribution in [3.05, 3.63) is 76.2 Å². The standard InChI is InChI=1S/C28H32N4O2S/c1-18(2)13-14-32-27(34)26-25(23(16-31(26)5)21-9-7-6-8-10-21)30-28(32)35-17-24(33)29-22-12-11-19(3)20(4)15-22/h6-12,15-16,18H,13-14,17H2,1-5H3,(H,29,33). The maximum atomic E-state index is 13.6. The summed E-state index contributed by atoms with van der Waals surface area (Å²) in [7, 11) is 1.88. The number of aryl methyl sites for hydroxylation is 3. The Labute approximate surface area is 210 Å². The quantitative estimate of drug-likeness (QED) is 0.252. The van der Waals surface area contributed by atoms with Gasteiger partial charge in [-0.2, -0.15) is 0 Å². The van der Waals surface area contributed by atoms with Gasteiger partial charge < -0.3 is 9.88 Å². The lowest BCUT2D eigenvalue weighted by Gasteiger charge is -2.14. The minimum absolute atomic E-state index is 0.0719. The number of carbonyl (C=O) groups is 1. The summed E-state index contributed by atoms with van der Waals surface area (Å²) in [4.78, 5) is 31.3. The largest absolute Gasteiger partial charge is 0.344 e. The van der Waals surface area contributed by atoms with Crippen LogP contribution in [-0.4, -0.2) is 25.8 Å². The van der Waals surface area contributed by atoms with Crippen molar-refractivity contribution in [2.75, 3.05) is 11.1 Å². The van der Waals surface area contributed by atoms with E-state index in [1.54, 1.807) is 4.57 Å². The van der Waals surface area contributed by atoms with Crippen molar-refractivity contribution in [1.29, 1.82) is 0 Å². The maximum absolute atomic E-state index is 13.6. The van der Waals surface area contributed by atoms with Crippen LogP contribution in [0.15, 0.2) is 64.7 Å². The van der Waals surface area contributed by atoms with Crippen molar-refractivity contribution in [2.24, 2.45) is 13.0 Å². The first-order valence-corrected chi connectivity index (χ1v) is 12.9. The summed E-state index contributed by atoms with van der Waals surface area (Å²) in [6.07, 6.45) is 2.81. The molecule has 0 aliphatic carbocycles. The van der Waals surface area contributed by atoms with E-state index in [-0.39, 0.29) is 17.2 Å². The van der Waals surface area contributed by atoms with Crippen LogP contribution in [0, 0.1) is 19.8 Å². The Kier molecular flexibility index (Phi) is 7.45. The molecule has 4 aromatic rings. The topological polar surface area (TPSA) is 68.9 Å². The molecule has 0 aliphatic heterocycles. The molecule has 1 amide bonds. The summed E-state index contributed by atoms with van der Waals surface area (Å²) in [5.41, 5.74) is 6.18. The number of benzene rings is 2. The molecule has 2 aromatic heterocycles. The van der Waals surface area contributed by atoms with Gasteiger partial charge in [-0.05, 0) is 55.0 Å². The van der Waals surface area contributed by atoms with E-state index in [0.29, 0.717) is 28.7 Å². The average molecular weight is 489 g/mol. The zero-order valence-electron chi connectivity index (χ0n) is 21.0. The van der Waals surface area contributed by atoms with Gasteiger partial charge >= 0.3 is 0 Å². The molecule has 0 saturated heterocycles. The summed E-state index contributed by atoms with van der Waals surface area (Å²) in [5, 5.41) is 3.54. The Morgan fingerprint density at radius 2 is 1.83 bits per heavy atom. The number of hydrogen-bond donors (Lipinski definition) is 1. The number of hydrogen-bond acceptors (Lipinski definition) is 4. The first-order valence-electron chi connectivity index (χ1n) is 11.9. The van der Waals surface area contributed by atoms with E-state index < -0.39 is 0 Å². The summed E-state index contributed by atoms with van der Waals surface area (Å²) in [5.74, 6) is 0.483. The predicted octanol–water partition coefficient (Wildman–Crippen LogP) is 5.80. The van der Waals surface area contributed by atoms with Gasteiger partial charge in [-0.25, -0.2) is 4.98 Å². The van der Waals surface area contributed by atoms with Crippen LogP contribution in [0.4, 0.5) is 5.69 Å². The number of carbonyl (C=O) groups excluding carboxylic acids is 1. The van der Waals surface area contributed by atoms with Crippen LogP contribution in [0.25, 0.3) is 22.2 Å². The third-order valence-corrected chi connectivity index (χ3v) is 7.16. The lowest BCUT2D eigenvalue weighted by molar-refractivity contribution is -0.113. The molecule has 0 radical (unpaired) electrons. The number of amides is 1. The van der Waals surface area contributed by atoms with Gasteiger partial charge in [-0.3, -0.25) is 14.2 Å². The number of nitrogens with one attached hydrogen (secondary N) is 1. The second kappa shape index (κ2) is 10.5. The van der Waals surface area contributed by atoms with Crippen LogP contribution in [-0.2, 0) is 18.4 Å². The highest BCUT2D eigenvalue weighted by Crippen LogP contribution is 2.29. The molecule has 0 bridgehead atoms. The molecule has 7 heteroatoms. The molecule has 2 heterocycles. The van der Waals surface area contributed by atoms with Crippen LogP contribution < -0.4 is 10.9 Å². The van der Waals surface area contributed by atoms with Gasteiger partial charge in [0.25, 0.3) is 5.56 Å². The van der Waals surface area contributed by atoms with Gasteiger partial charge in [0.2, 0.25) is 5.91 Å². The van der Waals surface area contributed by atoms with Crippen LogP contribution in [0.5, 0.6) is 0 Å². The van der Waals surface area contributed by atoms with E-state index >= 15 is 0 Å². The first kappa shape index (κ1) is 24.8. The Morgan fingerprint density at radius 1 is 1.09 bits per heavy atom. The van der Waals surface area contributed by atoms with Gasteiger partial charge in [0, 0.05) is 31.0 Å². The lowest BCUT2D eigenvalue weighted by atomic mass is 10.1. The molecule has 35 heavy (non-hydrogen) atoms. The number of rotatable bonds is 8. The van der Waals surface area contributed by atoms with E-state index in [2.05, 4.69) is 19.2 Å². The third-order valence-electron chi connectivity index (χ3n) is 6.18. The fraction of sp³-hybridized carbons (Fsp3) is 0.321. The number of thioether (sulfide) groups is 1. The minimum Gasteiger partial charge on any atom is -0.344 e. The minimum atomic E-state index is -0.126. The molecule has 0 unspecified atom stereocenters. The second-order valence-corrected chi connectivity index (χ2v) is 10.3. The first-order chi connectivity index (χ1) is 16.7. The van der Waals surface area contributed by atoms with Crippen LogP contribution in [0.3, 0.4) is 0 Å². The second-order valence-electron chi connectivity index (χ2n) is 9.39. The highest BCUT2D eigenvalue weighted by Gasteiger charge is 2.19. The molecule has 0 aliphatic rings. The Hall–Kier alpha value is -3.32. The van der Waals surface area contributed by atoms with Crippen molar-refractivity contribution in [3.8, 4) is 11.1 Å². The van der Waals surface area contributed by atoms with Crippen molar-refractivity contribution >= 4 is 34.4 Å². The summed E-state index contributed by atoms with van der Waals surface area (Å²) < 4.78 is 3.59. The van der Waals surface area contributed by atoms with Crippen LogP contribution in [0.1, 0.15) is 31.4 Å². The number of nitrogens with zero attached hydrogens (tertiary/aromatic N) is 3. The summed E-state index contributed by atoms with van der Waals surface area (Å²) in [6.45, 7) is 8.90. The van der Waals surface area contributed by atoms with Gasteiger partial charge in [0.05, 0.1) is 5.75 Å². The molecular formula is C28H32N4O2S. The smallest absolute Gasteiger partial charge is 0.278 e. The molecule has 0 saturated carbocycles. The van der Waals surface area contributed by atoms with E-state index in [9.17, 15) is 9.59 Å². The molecule has 1 N–H and O–H groups in total.